The van der Waals surface area contributed by atoms with E-state index in [2.05, 4.69) is 4.98 Å². The highest BCUT2D eigenvalue weighted by molar-refractivity contribution is 7.09. The SMILES string of the molecule is Cc1csc(CN(C)c2cc(C)c([N+](=O)[O-])cc2Cl)n1. The third-order valence-electron chi connectivity index (χ3n) is 2.91. The molecule has 0 radical (unpaired) electrons. The number of aryl methyl sites for hydroxylation is 2. The number of nitro benzene ring substituents is 1. The maximum Gasteiger partial charge on any atom is 0.273 e. The standard InChI is InChI=1S/C13H14ClN3O2S/c1-8-4-12(10(14)5-11(8)17(18)19)16(3)6-13-15-9(2)7-20-13/h4-5,7H,6H2,1-3H3. The van der Waals surface area contributed by atoms with E-state index in [0.29, 0.717) is 17.1 Å². The van der Waals surface area contributed by atoms with E-state index in [9.17, 15) is 10.1 Å². The number of nitrogens with zero attached hydrogens (tertiary/aromatic N) is 3. The third kappa shape index (κ3) is 3.08. The Bertz CT molecular complexity index is 657. The summed E-state index contributed by atoms with van der Waals surface area (Å²) in [5.41, 5.74) is 2.39. The summed E-state index contributed by atoms with van der Waals surface area (Å²) in [6, 6.07) is 3.14. The third-order valence-corrected chi connectivity index (χ3v) is 4.17. The Labute approximate surface area is 126 Å². The molecule has 20 heavy (non-hydrogen) atoms. The van der Waals surface area contributed by atoms with Gasteiger partial charge in [0.2, 0.25) is 0 Å². The van der Waals surface area contributed by atoms with Crippen molar-refractivity contribution in [3.63, 3.8) is 0 Å². The zero-order chi connectivity index (χ0) is 14.9. The second-order valence-corrected chi connectivity index (χ2v) is 5.94. The van der Waals surface area contributed by atoms with Crippen LogP contribution in [0.2, 0.25) is 5.02 Å². The van der Waals surface area contributed by atoms with Gasteiger partial charge < -0.3 is 4.90 Å². The Balaban J connectivity index is 2.28. The maximum absolute atomic E-state index is 10.9. The smallest absolute Gasteiger partial charge is 0.273 e. The van der Waals surface area contributed by atoms with E-state index >= 15 is 0 Å². The number of aromatic nitrogens is 1. The van der Waals surface area contributed by atoms with E-state index in [1.165, 1.54) is 6.07 Å². The number of anilines is 1. The van der Waals surface area contributed by atoms with Crippen molar-refractivity contribution in [2.45, 2.75) is 20.4 Å². The molecule has 106 valence electrons. The van der Waals surface area contributed by atoms with Gasteiger partial charge in [0.05, 0.1) is 22.2 Å². The van der Waals surface area contributed by atoms with Gasteiger partial charge in [-0.05, 0) is 19.9 Å². The van der Waals surface area contributed by atoms with Crippen molar-refractivity contribution < 1.29 is 4.92 Å². The predicted octanol–water partition coefficient (Wildman–Crippen LogP) is 3.96. The van der Waals surface area contributed by atoms with Gasteiger partial charge in [0.1, 0.15) is 5.01 Å². The van der Waals surface area contributed by atoms with Crippen LogP contribution in [-0.4, -0.2) is 17.0 Å². The molecular weight excluding hydrogens is 298 g/mol. The van der Waals surface area contributed by atoms with E-state index in [1.54, 1.807) is 24.3 Å². The van der Waals surface area contributed by atoms with Crippen LogP contribution < -0.4 is 4.90 Å². The lowest BCUT2D eigenvalue weighted by Crippen LogP contribution is -2.17. The zero-order valence-electron chi connectivity index (χ0n) is 11.4. The van der Waals surface area contributed by atoms with Gasteiger partial charge in [-0.1, -0.05) is 11.6 Å². The van der Waals surface area contributed by atoms with Gasteiger partial charge in [-0.2, -0.15) is 0 Å². The van der Waals surface area contributed by atoms with Crippen LogP contribution in [0.4, 0.5) is 11.4 Å². The maximum atomic E-state index is 10.9. The molecule has 2 aromatic rings. The minimum Gasteiger partial charge on any atom is -0.367 e. The van der Waals surface area contributed by atoms with Gasteiger partial charge in [-0.3, -0.25) is 10.1 Å². The Morgan fingerprint density at radius 2 is 2.15 bits per heavy atom. The normalized spacial score (nSPS) is 10.6. The molecule has 1 heterocycles. The quantitative estimate of drug-likeness (QED) is 0.633. The van der Waals surface area contributed by atoms with Crippen molar-refractivity contribution in [1.29, 1.82) is 0 Å². The molecular formula is C13H14ClN3O2S. The summed E-state index contributed by atoms with van der Waals surface area (Å²) in [4.78, 5) is 16.8. The average molecular weight is 312 g/mol. The predicted molar refractivity (Wildman–Crippen MR) is 81.8 cm³/mol. The van der Waals surface area contributed by atoms with Crippen LogP contribution in [0.1, 0.15) is 16.3 Å². The summed E-state index contributed by atoms with van der Waals surface area (Å²) in [5, 5.41) is 14.2. The largest absolute Gasteiger partial charge is 0.367 e. The molecule has 1 aromatic carbocycles. The van der Waals surface area contributed by atoms with E-state index in [0.717, 1.165) is 16.4 Å². The van der Waals surface area contributed by atoms with E-state index in [-0.39, 0.29) is 5.69 Å². The van der Waals surface area contributed by atoms with Crippen molar-refractivity contribution in [3.8, 4) is 0 Å². The lowest BCUT2D eigenvalue weighted by molar-refractivity contribution is -0.385. The molecule has 5 nitrogen and oxygen atoms in total. The lowest BCUT2D eigenvalue weighted by Gasteiger charge is -2.19. The average Bonchev–Trinajstić information content (AvgIpc) is 2.76. The van der Waals surface area contributed by atoms with Crippen molar-refractivity contribution >= 4 is 34.3 Å². The van der Waals surface area contributed by atoms with E-state index < -0.39 is 4.92 Å². The highest BCUT2D eigenvalue weighted by Crippen LogP contribution is 2.33. The summed E-state index contributed by atoms with van der Waals surface area (Å²) in [6.07, 6.45) is 0. The van der Waals surface area contributed by atoms with Crippen LogP contribution in [0, 0.1) is 24.0 Å². The number of hydrogen-bond acceptors (Lipinski definition) is 5. The van der Waals surface area contributed by atoms with Crippen LogP contribution >= 0.6 is 22.9 Å². The molecule has 0 spiro atoms. The Morgan fingerprint density at radius 3 is 2.70 bits per heavy atom. The molecule has 0 fully saturated rings. The monoisotopic (exact) mass is 311 g/mol. The fourth-order valence-electron chi connectivity index (χ4n) is 1.91. The molecule has 1 aromatic heterocycles. The van der Waals surface area contributed by atoms with E-state index in [4.69, 9.17) is 11.6 Å². The topological polar surface area (TPSA) is 59.3 Å². The summed E-state index contributed by atoms with van der Waals surface area (Å²) >= 11 is 7.74. The number of benzene rings is 1. The van der Waals surface area contributed by atoms with Crippen LogP contribution in [0.25, 0.3) is 0 Å². The van der Waals surface area contributed by atoms with Crippen LogP contribution in [0.15, 0.2) is 17.5 Å². The van der Waals surface area contributed by atoms with Gasteiger partial charge in [-0.15, -0.1) is 11.3 Å². The second-order valence-electron chi connectivity index (χ2n) is 4.59. The molecule has 0 unspecified atom stereocenters. The molecule has 0 aliphatic heterocycles. The molecule has 0 aliphatic carbocycles. The summed E-state index contributed by atoms with van der Waals surface area (Å²) in [6.45, 7) is 4.28. The van der Waals surface area contributed by atoms with Gasteiger partial charge >= 0.3 is 0 Å². The molecule has 7 heteroatoms. The van der Waals surface area contributed by atoms with Crippen molar-refractivity contribution in [1.82, 2.24) is 4.98 Å². The minimum absolute atomic E-state index is 0.0391. The molecule has 0 saturated heterocycles. The Morgan fingerprint density at radius 1 is 1.45 bits per heavy atom. The number of thiazole rings is 1. The first-order valence-electron chi connectivity index (χ1n) is 5.95. The Hall–Kier alpha value is -1.66. The lowest BCUT2D eigenvalue weighted by atomic mass is 10.1. The molecule has 0 aliphatic rings. The molecule has 0 atom stereocenters. The van der Waals surface area contributed by atoms with E-state index in [1.807, 2.05) is 24.3 Å². The first-order chi connectivity index (χ1) is 9.38. The Kier molecular flexibility index (Phi) is 4.25. The highest BCUT2D eigenvalue weighted by atomic mass is 35.5. The second kappa shape index (κ2) is 5.76. The van der Waals surface area contributed by atoms with Crippen molar-refractivity contribution in [2.24, 2.45) is 0 Å². The number of halogens is 1. The van der Waals surface area contributed by atoms with Crippen LogP contribution in [0.3, 0.4) is 0 Å². The summed E-state index contributed by atoms with van der Waals surface area (Å²) < 4.78 is 0. The first kappa shape index (κ1) is 14.7. The van der Waals surface area contributed by atoms with Gasteiger partial charge in [0.25, 0.3) is 5.69 Å². The zero-order valence-corrected chi connectivity index (χ0v) is 13.0. The highest BCUT2D eigenvalue weighted by Gasteiger charge is 2.17. The first-order valence-corrected chi connectivity index (χ1v) is 7.21. The summed E-state index contributed by atoms with van der Waals surface area (Å²) in [5.74, 6) is 0. The fraction of sp³-hybridized carbons (Fsp3) is 0.308. The molecule has 0 N–H and O–H groups in total. The van der Waals surface area contributed by atoms with Gasteiger partial charge in [0.15, 0.2) is 0 Å². The molecule has 2 rings (SSSR count). The van der Waals surface area contributed by atoms with Crippen molar-refractivity contribution in [3.05, 3.63) is 48.9 Å². The number of hydrogen-bond donors (Lipinski definition) is 0. The fourth-order valence-corrected chi connectivity index (χ4v) is 3.03. The molecule has 0 saturated carbocycles. The van der Waals surface area contributed by atoms with Gasteiger partial charge in [0, 0.05) is 29.8 Å². The van der Waals surface area contributed by atoms with Crippen LogP contribution in [0.5, 0.6) is 0 Å². The number of rotatable bonds is 4. The minimum atomic E-state index is -0.421. The summed E-state index contributed by atoms with van der Waals surface area (Å²) in [7, 11) is 1.89. The molecule has 0 amide bonds. The number of nitro groups is 1. The van der Waals surface area contributed by atoms with Crippen molar-refractivity contribution in [2.75, 3.05) is 11.9 Å². The van der Waals surface area contributed by atoms with Gasteiger partial charge in [-0.25, -0.2) is 4.98 Å². The molecule has 0 bridgehead atoms. The van der Waals surface area contributed by atoms with Crippen LogP contribution in [-0.2, 0) is 6.54 Å².